The van der Waals surface area contributed by atoms with Crippen molar-refractivity contribution >= 4 is 40.0 Å². The van der Waals surface area contributed by atoms with Crippen LogP contribution in [0.4, 0.5) is 0 Å². The summed E-state index contributed by atoms with van der Waals surface area (Å²) in [6.07, 6.45) is 0. The number of carbonyl (C=O) groups excluding carboxylic acids is 2. The topological polar surface area (TPSA) is 79.1 Å². The van der Waals surface area contributed by atoms with Crippen molar-refractivity contribution in [1.29, 1.82) is 0 Å². The molecule has 0 amide bonds. The number of Topliss-reactive ketones (excluding diaryl/α,β-unsaturated/α-hetero) is 1. The van der Waals surface area contributed by atoms with Gasteiger partial charge in [-0.1, -0.05) is 65.3 Å². The molecule has 0 atom stereocenters. The molecule has 1 heterocycles. The number of oxime groups is 1. The van der Waals surface area contributed by atoms with Crippen LogP contribution in [0.1, 0.15) is 28.5 Å². The summed E-state index contributed by atoms with van der Waals surface area (Å²) in [6.45, 7) is 1.92. The number of esters is 1. The fourth-order valence-electron chi connectivity index (χ4n) is 3.79. The van der Waals surface area contributed by atoms with Crippen molar-refractivity contribution in [2.45, 2.75) is 20.1 Å². The van der Waals surface area contributed by atoms with Gasteiger partial charge in [0.15, 0.2) is 0 Å². The highest BCUT2D eigenvalue weighted by Gasteiger charge is 2.30. The van der Waals surface area contributed by atoms with E-state index in [4.69, 9.17) is 25.9 Å². The lowest BCUT2D eigenvalue weighted by molar-refractivity contribution is -0.135. The second kappa shape index (κ2) is 11.6. The van der Waals surface area contributed by atoms with Crippen LogP contribution in [-0.2, 0) is 34.6 Å². The number of carbonyl (C=O) groups is 2. The molecular formula is C28H25ClN2O5. The molecule has 0 fully saturated rings. The molecule has 7 nitrogen and oxygen atoms in total. The fraction of sp³-hybridized carbons (Fsp3) is 0.179. The molecule has 8 heteroatoms. The van der Waals surface area contributed by atoms with Crippen LogP contribution in [0, 0.1) is 0 Å². The number of nitrogens with zero attached hydrogens (tertiary/aromatic N) is 2. The minimum atomic E-state index is -0.854. The van der Waals surface area contributed by atoms with E-state index < -0.39 is 17.5 Å². The van der Waals surface area contributed by atoms with Crippen LogP contribution in [-0.4, -0.2) is 28.6 Å². The number of halogens is 1. The Labute approximate surface area is 213 Å². The van der Waals surface area contributed by atoms with E-state index in [1.54, 1.807) is 31.2 Å². The molecule has 0 bridgehead atoms. The maximum absolute atomic E-state index is 13.8. The molecule has 36 heavy (non-hydrogen) atoms. The molecule has 0 aliphatic heterocycles. The number of benzene rings is 3. The third kappa shape index (κ3) is 5.58. The standard InChI is InChI=1S/C28H25ClN2O5/c1-3-34-28(33)26(30-36-17-19-9-5-4-6-10-19)27(32)25-22-11-7-8-12-23(22)31(2)24(25)18-35-21-15-13-20(29)14-16-21/h4-16H,3,17-18H2,1-2H3/b30-26+. The molecule has 0 saturated heterocycles. The first kappa shape index (κ1) is 25.0. The number of hydrogen-bond donors (Lipinski definition) is 0. The Morgan fingerprint density at radius 1 is 0.917 bits per heavy atom. The monoisotopic (exact) mass is 504 g/mol. The molecule has 0 spiro atoms. The van der Waals surface area contributed by atoms with Crippen LogP contribution < -0.4 is 4.74 Å². The maximum atomic E-state index is 13.8. The van der Waals surface area contributed by atoms with Crippen molar-refractivity contribution in [3.05, 3.63) is 101 Å². The zero-order valence-corrected chi connectivity index (χ0v) is 20.7. The van der Waals surface area contributed by atoms with Crippen molar-refractivity contribution in [2.24, 2.45) is 12.2 Å². The summed E-state index contributed by atoms with van der Waals surface area (Å²) in [4.78, 5) is 32.0. The summed E-state index contributed by atoms with van der Waals surface area (Å²) in [5, 5.41) is 5.18. The predicted molar refractivity (Wildman–Crippen MR) is 138 cm³/mol. The SMILES string of the molecule is CCOC(=O)/C(=N/OCc1ccccc1)C(=O)c1c(COc2ccc(Cl)cc2)n(C)c2ccccc12. The van der Waals surface area contributed by atoms with Gasteiger partial charge in [0.05, 0.1) is 17.9 Å². The average molecular weight is 505 g/mol. The van der Waals surface area contributed by atoms with Crippen LogP contribution in [0.25, 0.3) is 10.9 Å². The Balaban J connectivity index is 1.70. The first-order valence-corrected chi connectivity index (χ1v) is 11.8. The molecule has 0 radical (unpaired) electrons. The van der Waals surface area contributed by atoms with Gasteiger partial charge >= 0.3 is 5.97 Å². The zero-order valence-electron chi connectivity index (χ0n) is 19.9. The van der Waals surface area contributed by atoms with Gasteiger partial charge in [-0.25, -0.2) is 4.79 Å². The molecular weight excluding hydrogens is 480 g/mol. The summed E-state index contributed by atoms with van der Waals surface area (Å²) in [5.41, 5.74) is 2.10. The number of aryl methyl sites for hydroxylation is 1. The lowest BCUT2D eigenvalue weighted by Crippen LogP contribution is -2.28. The van der Waals surface area contributed by atoms with E-state index in [0.29, 0.717) is 27.4 Å². The van der Waals surface area contributed by atoms with Gasteiger partial charge in [0.2, 0.25) is 11.5 Å². The molecule has 4 rings (SSSR count). The molecule has 0 N–H and O–H groups in total. The van der Waals surface area contributed by atoms with Gasteiger partial charge in [-0.2, -0.15) is 0 Å². The van der Waals surface area contributed by atoms with Gasteiger partial charge < -0.3 is 18.9 Å². The number of aromatic nitrogens is 1. The van der Waals surface area contributed by atoms with Crippen molar-refractivity contribution < 1.29 is 23.9 Å². The van der Waals surface area contributed by atoms with Gasteiger partial charge in [-0.15, -0.1) is 0 Å². The smallest absolute Gasteiger partial charge is 0.364 e. The number of fused-ring (bicyclic) bond motifs is 1. The van der Waals surface area contributed by atoms with E-state index in [-0.39, 0.29) is 19.8 Å². The predicted octanol–water partition coefficient (Wildman–Crippen LogP) is 5.73. The normalized spacial score (nSPS) is 11.4. The average Bonchev–Trinajstić information content (AvgIpc) is 3.18. The minimum absolute atomic E-state index is 0.0782. The largest absolute Gasteiger partial charge is 0.487 e. The second-order valence-electron chi connectivity index (χ2n) is 7.89. The van der Waals surface area contributed by atoms with Gasteiger partial charge in [-0.3, -0.25) is 4.79 Å². The Morgan fingerprint density at radius 2 is 1.61 bits per heavy atom. The lowest BCUT2D eigenvalue weighted by Gasteiger charge is -2.11. The Bertz CT molecular complexity index is 1390. The van der Waals surface area contributed by atoms with E-state index in [9.17, 15) is 9.59 Å². The van der Waals surface area contributed by atoms with Crippen LogP contribution >= 0.6 is 11.6 Å². The molecule has 3 aromatic carbocycles. The minimum Gasteiger partial charge on any atom is -0.487 e. The number of para-hydroxylation sites is 1. The highest BCUT2D eigenvalue weighted by Crippen LogP contribution is 2.28. The summed E-state index contributed by atoms with van der Waals surface area (Å²) in [5.74, 6) is -0.866. The quantitative estimate of drug-likeness (QED) is 0.0905. The number of ketones is 1. The van der Waals surface area contributed by atoms with Crippen LogP contribution in [0.5, 0.6) is 5.75 Å². The number of hydrogen-bond acceptors (Lipinski definition) is 6. The number of rotatable bonds is 10. The molecule has 1 aromatic heterocycles. The summed E-state index contributed by atoms with van der Waals surface area (Å²) in [6, 6.07) is 23.7. The third-order valence-corrected chi connectivity index (χ3v) is 5.81. The highest BCUT2D eigenvalue weighted by atomic mass is 35.5. The molecule has 0 aliphatic rings. The van der Waals surface area contributed by atoms with E-state index in [1.165, 1.54) is 0 Å². The molecule has 0 saturated carbocycles. The van der Waals surface area contributed by atoms with E-state index in [1.807, 2.05) is 66.2 Å². The fourth-order valence-corrected chi connectivity index (χ4v) is 3.91. The Morgan fingerprint density at radius 3 is 2.33 bits per heavy atom. The van der Waals surface area contributed by atoms with E-state index in [0.717, 1.165) is 11.1 Å². The molecule has 184 valence electrons. The summed E-state index contributed by atoms with van der Waals surface area (Å²) < 4.78 is 13.0. The van der Waals surface area contributed by atoms with Gasteiger partial charge in [-0.05, 0) is 42.8 Å². The first-order chi connectivity index (χ1) is 17.5. The maximum Gasteiger partial charge on any atom is 0.364 e. The van der Waals surface area contributed by atoms with Crippen LogP contribution in [0.15, 0.2) is 84.0 Å². The Kier molecular flexibility index (Phi) is 8.02. The van der Waals surface area contributed by atoms with E-state index >= 15 is 0 Å². The molecule has 4 aromatic rings. The first-order valence-electron chi connectivity index (χ1n) is 11.4. The van der Waals surface area contributed by atoms with Gasteiger partial charge in [0.1, 0.15) is 19.0 Å². The lowest BCUT2D eigenvalue weighted by atomic mass is 10.0. The number of ether oxygens (including phenoxy) is 2. The summed E-state index contributed by atoms with van der Waals surface area (Å²) in [7, 11) is 1.84. The van der Waals surface area contributed by atoms with Crippen molar-refractivity contribution in [3.63, 3.8) is 0 Å². The second-order valence-corrected chi connectivity index (χ2v) is 8.33. The van der Waals surface area contributed by atoms with Crippen LogP contribution in [0.2, 0.25) is 5.02 Å². The van der Waals surface area contributed by atoms with Gasteiger partial charge in [0, 0.05) is 23.0 Å². The molecule has 0 unspecified atom stereocenters. The van der Waals surface area contributed by atoms with E-state index in [2.05, 4.69) is 5.16 Å². The van der Waals surface area contributed by atoms with Crippen molar-refractivity contribution in [3.8, 4) is 5.75 Å². The third-order valence-electron chi connectivity index (χ3n) is 5.56. The summed E-state index contributed by atoms with van der Waals surface area (Å²) >= 11 is 5.97. The molecule has 0 aliphatic carbocycles. The highest BCUT2D eigenvalue weighted by molar-refractivity contribution is 6.68. The van der Waals surface area contributed by atoms with Crippen molar-refractivity contribution in [1.82, 2.24) is 4.57 Å². The van der Waals surface area contributed by atoms with Crippen molar-refractivity contribution in [2.75, 3.05) is 6.61 Å². The van der Waals surface area contributed by atoms with Crippen LogP contribution in [0.3, 0.4) is 0 Å². The zero-order chi connectivity index (χ0) is 25.5. The van der Waals surface area contributed by atoms with Gasteiger partial charge in [0.25, 0.3) is 0 Å². The Hall–Kier alpha value is -4.10.